The molecule has 4 aromatic rings. The van der Waals surface area contributed by atoms with Crippen molar-refractivity contribution in [2.75, 3.05) is 54.5 Å². The first kappa shape index (κ1) is 35.5. The van der Waals surface area contributed by atoms with Gasteiger partial charge in [0.15, 0.2) is 5.82 Å². The highest BCUT2D eigenvalue weighted by molar-refractivity contribution is 6.08. The van der Waals surface area contributed by atoms with Crippen molar-refractivity contribution in [2.24, 2.45) is 0 Å². The minimum atomic E-state index is -0.992. The summed E-state index contributed by atoms with van der Waals surface area (Å²) in [6, 6.07) is 8.12. The predicted octanol–water partition coefficient (Wildman–Crippen LogP) is 5.30. The van der Waals surface area contributed by atoms with Gasteiger partial charge in [-0.2, -0.15) is 4.90 Å². The molecule has 1 N–H and O–H groups in total. The third kappa shape index (κ3) is 8.35. The summed E-state index contributed by atoms with van der Waals surface area (Å²) in [5.41, 5.74) is 1.11. The monoisotopic (exact) mass is 701 g/mol. The van der Waals surface area contributed by atoms with Gasteiger partial charge in [-0.3, -0.25) is 19.6 Å². The molecular weight excluding hydrogens is 658 g/mol. The predicted molar refractivity (Wildman–Crippen MR) is 188 cm³/mol. The molecule has 5 heterocycles. The van der Waals surface area contributed by atoms with Crippen molar-refractivity contribution in [3.05, 3.63) is 54.7 Å². The molecule has 0 saturated carbocycles. The minimum Gasteiger partial charge on any atom is -0.443 e. The van der Waals surface area contributed by atoms with Crippen LogP contribution in [0.2, 0.25) is 0 Å². The van der Waals surface area contributed by atoms with E-state index in [1.54, 1.807) is 65.3 Å². The zero-order chi connectivity index (χ0) is 36.5. The molecular formula is C35H43N9O7. The summed E-state index contributed by atoms with van der Waals surface area (Å²) in [6.45, 7) is 17.3. The molecule has 0 unspecified atom stereocenters. The summed E-state index contributed by atoms with van der Waals surface area (Å²) in [5.74, 6) is -0.241. The van der Waals surface area contributed by atoms with Crippen LogP contribution in [0.25, 0.3) is 17.0 Å². The molecule has 3 aromatic heterocycles. The molecule has 51 heavy (non-hydrogen) atoms. The van der Waals surface area contributed by atoms with E-state index in [-0.39, 0.29) is 23.1 Å². The normalized spacial score (nSPS) is 15.6. The van der Waals surface area contributed by atoms with Crippen molar-refractivity contribution in [3.8, 4) is 17.3 Å². The number of aryl methyl sites for hydroxylation is 1. The summed E-state index contributed by atoms with van der Waals surface area (Å²) in [4.78, 5) is 62.8. The first-order valence-electron chi connectivity index (χ1n) is 16.7. The number of aromatic nitrogens is 5. The van der Waals surface area contributed by atoms with Gasteiger partial charge in [-0.1, -0.05) is 0 Å². The Morgan fingerprint density at radius 1 is 0.902 bits per heavy atom. The fourth-order valence-corrected chi connectivity index (χ4v) is 5.61. The number of amides is 3. The molecule has 0 radical (unpaired) electrons. The number of rotatable bonds is 6. The largest absolute Gasteiger partial charge is 0.443 e. The lowest BCUT2D eigenvalue weighted by molar-refractivity contribution is -0.0660. The SMILES string of the molecule is Cc1c(-c2cncc(N(C(=O)OC(C)(C)C)C(=O)OC(C)(C)C)n2)nc(OC(=O)Nc2ccc(N3CCN(C4COC4)CC3)cc2)c2nccn12. The Labute approximate surface area is 295 Å². The fraction of sp³-hybridized carbons (Fsp3) is 0.457. The number of benzene rings is 1. The van der Waals surface area contributed by atoms with E-state index in [0.29, 0.717) is 28.0 Å². The molecule has 3 amide bonds. The molecule has 270 valence electrons. The van der Waals surface area contributed by atoms with Gasteiger partial charge in [0, 0.05) is 55.6 Å². The van der Waals surface area contributed by atoms with Crippen LogP contribution in [0.3, 0.4) is 0 Å². The van der Waals surface area contributed by atoms with E-state index in [1.807, 2.05) is 24.3 Å². The second-order valence-electron chi connectivity index (χ2n) is 14.3. The van der Waals surface area contributed by atoms with Crippen molar-refractivity contribution < 1.29 is 33.3 Å². The molecule has 0 bridgehead atoms. The number of hydrogen-bond acceptors (Lipinski definition) is 13. The highest BCUT2D eigenvalue weighted by Crippen LogP contribution is 2.29. The van der Waals surface area contributed by atoms with Crippen LogP contribution in [-0.4, -0.2) is 104 Å². The molecule has 1 aromatic carbocycles. The average Bonchev–Trinajstić information content (AvgIpc) is 3.52. The van der Waals surface area contributed by atoms with Crippen LogP contribution < -0.4 is 19.9 Å². The molecule has 2 aliphatic heterocycles. The standard InChI is InChI=1S/C35H43N9O7/c1-22-28(26-18-36-19-27(39-26)44(32(46)50-34(2,3)4)33(47)51-35(5,6)7)40-30(29-37-12-13-43(22)29)49-31(45)38-23-8-10-24(11-9-23)41-14-16-42(17-15-41)25-20-48-21-25/h8-13,18-19,25H,14-17,20-21H2,1-7H3,(H,38,45). The number of imidazole rings is 1. The molecule has 0 spiro atoms. The van der Waals surface area contributed by atoms with Gasteiger partial charge in [-0.25, -0.2) is 29.3 Å². The zero-order valence-corrected chi connectivity index (χ0v) is 29.9. The number of nitrogens with zero attached hydrogens (tertiary/aromatic N) is 8. The van der Waals surface area contributed by atoms with Crippen molar-refractivity contribution in [1.82, 2.24) is 29.2 Å². The molecule has 0 atom stereocenters. The minimum absolute atomic E-state index is 0.0900. The maximum Gasteiger partial charge on any atom is 0.425 e. The molecule has 16 heteroatoms. The number of fused-ring (bicyclic) bond motifs is 1. The van der Waals surface area contributed by atoms with Crippen LogP contribution in [-0.2, 0) is 14.2 Å². The Bertz CT molecular complexity index is 1880. The second-order valence-corrected chi connectivity index (χ2v) is 14.3. The number of carbonyl (C=O) groups is 3. The van der Waals surface area contributed by atoms with E-state index >= 15 is 0 Å². The molecule has 2 aliphatic rings. The number of ether oxygens (including phenoxy) is 4. The third-order valence-electron chi connectivity index (χ3n) is 8.11. The van der Waals surface area contributed by atoms with E-state index in [0.717, 1.165) is 45.1 Å². The Morgan fingerprint density at radius 2 is 1.55 bits per heavy atom. The highest BCUT2D eigenvalue weighted by Gasteiger charge is 2.34. The van der Waals surface area contributed by atoms with Gasteiger partial charge in [-0.05, 0) is 72.7 Å². The highest BCUT2D eigenvalue weighted by atomic mass is 16.6. The molecule has 2 fully saturated rings. The molecule has 0 aliphatic carbocycles. The second kappa shape index (κ2) is 14.1. The van der Waals surface area contributed by atoms with Gasteiger partial charge in [0.1, 0.15) is 22.6 Å². The lowest BCUT2D eigenvalue weighted by atomic mass is 10.1. The topological polar surface area (TPSA) is 166 Å². The van der Waals surface area contributed by atoms with Crippen LogP contribution in [0.4, 0.5) is 31.6 Å². The zero-order valence-electron chi connectivity index (χ0n) is 29.9. The number of piperazine rings is 1. The van der Waals surface area contributed by atoms with Crippen molar-refractivity contribution >= 4 is 41.1 Å². The van der Waals surface area contributed by atoms with E-state index in [1.165, 1.54) is 12.4 Å². The van der Waals surface area contributed by atoms with Gasteiger partial charge in [-0.15, -0.1) is 0 Å². The van der Waals surface area contributed by atoms with E-state index < -0.39 is 29.5 Å². The van der Waals surface area contributed by atoms with Crippen molar-refractivity contribution in [3.63, 3.8) is 0 Å². The van der Waals surface area contributed by atoms with E-state index in [2.05, 4.69) is 35.1 Å². The smallest absolute Gasteiger partial charge is 0.425 e. The number of hydrogen-bond donors (Lipinski definition) is 1. The fourth-order valence-electron chi connectivity index (χ4n) is 5.61. The lowest BCUT2D eigenvalue weighted by Gasteiger charge is -2.43. The number of nitrogens with one attached hydrogen (secondary N) is 1. The Balaban J connectivity index is 1.21. The quantitative estimate of drug-likeness (QED) is 0.275. The van der Waals surface area contributed by atoms with Gasteiger partial charge >= 0.3 is 18.3 Å². The van der Waals surface area contributed by atoms with Gasteiger partial charge in [0.2, 0.25) is 5.65 Å². The first-order valence-corrected chi connectivity index (χ1v) is 16.7. The Kier molecular flexibility index (Phi) is 9.81. The van der Waals surface area contributed by atoms with Crippen molar-refractivity contribution in [2.45, 2.75) is 65.7 Å². The maximum absolute atomic E-state index is 13.2. The average molecular weight is 702 g/mol. The molecule has 2 saturated heterocycles. The number of imide groups is 1. The van der Waals surface area contributed by atoms with Crippen LogP contribution in [0.15, 0.2) is 49.1 Å². The molecule has 6 rings (SSSR count). The van der Waals surface area contributed by atoms with E-state index in [4.69, 9.17) is 18.9 Å². The Hall–Kier alpha value is -5.35. The Morgan fingerprint density at radius 3 is 2.14 bits per heavy atom. The summed E-state index contributed by atoms with van der Waals surface area (Å²) in [5, 5.41) is 2.76. The van der Waals surface area contributed by atoms with Gasteiger partial charge in [0.25, 0.3) is 5.88 Å². The van der Waals surface area contributed by atoms with E-state index in [9.17, 15) is 14.4 Å². The van der Waals surface area contributed by atoms with Gasteiger partial charge < -0.3 is 23.8 Å². The summed E-state index contributed by atoms with van der Waals surface area (Å²) in [6.07, 6.45) is 3.13. The third-order valence-corrected chi connectivity index (χ3v) is 8.11. The van der Waals surface area contributed by atoms with Crippen LogP contribution in [0.1, 0.15) is 47.2 Å². The summed E-state index contributed by atoms with van der Waals surface area (Å²) < 4.78 is 23.7. The van der Waals surface area contributed by atoms with Crippen molar-refractivity contribution in [1.29, 1.82) is 0 Å². The summed E-state index contributed by atoms with van der Waals surface area (Å²) in [7, 11) is 0. The number of carbonyl (C=O) groups excluding carboxylic acids is 3. The number of anilines is 3. The van der Waals surface area contributed by atoms with Crippen LogP contribution in [0, 0.1) is 6.92 Å². The first-order chi connectivity index (χ1) is 24.1. The van der Waals surface area contributed by atoms with Gasteiger partial charge in [0.05, 0.1) is 31.6 Å². The lowest BCUT2D eigenvalue weighted by Crippen LogP contribution is -2.56. The summed E-state index contributed by atoms with van der Waals surface area (Å²) >= 11 is 0. The maximum atomic E-state index is 13.2. The molecule has 16 nitrogen and oxygen atoms in total. The van der Waals surface area contributed by atoms with Crippen LogP contribution in [0.5, 0.6) is 5.88 Å². The van der Waals surface area contributed by atoms with Crippen LogP contribution >= 0.6 is 0 Å².